The Balaban J connectivity index is 1.20. The molecule has 5 heteroatoms. The number of benzene rings is 8. The molecular formula is C52H32N4O. The molecule has 4 heterocycles. The quantitative estimate of drug-likeness (QED) is 0.177. The second-order valence-corrected chi connectivity index (χ2v) is 14.5. The third kappa shape index (κ3) is 4.76. The van der Waals surface area contributed by atoms with Gasteiger partial charge < -0.3 is 13.6 Å². The van der Waals surface area contributed by atoms with E-state index in [1.807, 2.05) is 24.3 Å². The van der Waals surface area contributed by atoms with Crippen LogP contribution in [0.25, 0.3) is 111 Å². The molecule has 0 spiro atoms. The largest absolute Gasteiger partial charge is 0.454 e. The molecule has 0 unspecified atom stereocenters. The minimum atomic E-state index is 0.690. The summed E-state index contributed by atoms with van der Waals surface area (Å²) in [4.78, 5) is 10.2. The van der Waals surface area contributed by atoms with Gasteiger partial charge in [0, 0.05) is 55.0 Å². The zero-order valence-electron chi connectivity index (χ0n) is 30.7. The van der Waals surface area contributed by atoms with Crippen LogP contribution >= 0.6 is 0 Å². The van der Waals surface area contributed by atoms with Crippen molar-refractivity contribution in [3.63, 3.8) is 0 Å². The van der Waals surface area contributed by atoms with E-state index in [-0.39, 0.29) is 0 Å². The van der Waals surface area contributed by atoms with Crippen LogP contribution in [-0.4, -0.2) is 19.1 Å². The second kappa shape index (κ2) is 12.4. The minimum Gasteiger partial charge on any atom is -0.454 e. The number of hydrogen-bond acceptors (Lipinski definition) is 3. The molecule has 0 aliphatic rings. The van der Waals surface area contributed by atoms with Crippen molar-refractivity contribution in [2.75, 3.05) is 0 Å². The standard InChI is InChI=1S/C52H32N4O/c1-4-17-33(18-5-1)41-32-42(54-52(53-41)34-19-6-2-7-20-34)35-21-16-24-37(31-35)56-44-29-14-11-26-39(44)47-46-38-25-10-13-28-43(38)55(36-22-8-3-9-23-36)49(46)48-40-27-12-15-30-45(40)57-51(48)50(47)56/h1-32H. The molecule has 0 aliphatic carbocycles. The first-order valence-electron chi connectivity index (χ1n) is 19.3. The summed E-state index contributed by atoms with van der Waals surface area (Å²) in [7, 11) is 0. The lowest BCUT2D eigenvalue weighted by Gasteiger charge is -2.13. The van der Waals surface area contributed by atoms with E-state index in [9.17, 15) is 0 Å². The molecular weight excluding hydrogens is 697 g/mol. The van der Waals surface area contributed by atoms with E-state index in [2.05, 4.69) is 179 Å². The zero-order chi connectivity index (χ0) is 37.5. The Labute approximate surface area is 327 Å². The van der Waals surface area contributed by atoms with Gasteiger partial charge in [-0.1, -0.05) is 146 Å². The molecule has 0 bridgehead atoms. The predicted octanol–water partition coefficient (Wildman–Crippen LogP) is 13.6. The molecule has 5 nitrogen and oxygen atoms in total. The highest BCUT2D eigenvalue weighted by Crippen LogP contribution is 2.49. The Morgan fingerprint density at radius 3 is 1.58 bits per heavy atom. The molecule has 4 aromatic heterocycles. The molecule has 266 valence electrons. The Kier molecular flexibility index (Phi) is 6.86. The first-order chi connectivity index (χ1) is 28.3. The molecule has 0 amide bonds. The molecule has 12 rings (SSSR count). The van der Waals surface area contributed by atoms with Gasteiger partial charge >= 0.3 is 0 Å². The van der Waals surface area contributed by atoms with Gasteiger partial charge in [-0.05, 0) is 48.5 Å². The monoisotopic (exact) mass is 728 g/mol. The molecule has 0 aliphatic heterocycles. The number of furan rings is 1. The fraction of sp³-hybridized carbons (Fsp3) is 0. The maximum absolute atomic E-state index is 7.04. The van der Waals surface area contributed by atoms with E-state index in [0.717, 1.165) is 83.5 Å². The summed E-state index contributed by atoms with van der Waals surface area (Å²) in [5, 5.41) is 6.94. The average Bonchev–Trinajstić information content (AvgIpc) is 3.95. The highest BCUT2D eigenvalue weighted by atomic mass is 16.3. The maximum atomic E-state index is 7.04. The Morgan fingerprint density at radius 1 is 0.368 bits per heavy atom. The average molecular weight is 729 g/mol. The zero-order valence-corrected chi connectivity index (χ0v) is 30.7. The van der Waals surface area contributed by atoms with Crippen molar-refractivity contribution in [1.29, 1.82) is 0 Å². The summed E-state index contributed by atoms with van der Waals surface area (Å²) >= 11 is 0. The van der Waals surface area contributed by atoms with Crippen molar-refractivity contribution in [1.82, 2.24) is 19.1 Å². The highest BCUT2D eigenvalue weighted by Gasteiger charge is 2.27. The summed E-state index contributed by atoms with van der Waals surface area (Å²) in [6.07, 6.45) is 0. The molecule has 0 atom stereocenters. The molecule has 0 fully saturated rings. The van der Waals surface area contributed by atoms with Crippen molar-refractivity contribution in [3.8, 4) is 45.3 Å². The van der Waals surface area contributed by atoms with Gasteiger partial charge in [0.15, 0.2) is 11.4 Å². The molecule has 0 radical (unpaired) electrons. The van der Waals surface area contributed by atoms with Crippen LogP contribution in [0.5, 0.6) is 0 Å². The van der Waals surface area contributed by atoms with Gasteiger partial charge in [0.2, 0.25) is 0 Å². The van der Waals surface area contributed by atoms with Gasteiger partial charge in [0.05, 0.1) is 38.8 Å². The number of para-hydroxylation sites is 4. The molecule has 8 aromatic carbocycles. The summed E-state index contributed by atoms with van der Waals surface area (Å²) in [5.41, 5.74) is 13.1. The van der Waals surface area contributed by atoms with Crippen LogP contribution in [0.15, 0.2) is 199 Å². The van der Waals surface area contributed by atoms with Gasteiger partial charge in [-0.3, -0.25) is 0 Å². The summed E-state index contributed by atoms with van der Waals surface area (Å²) in [6.45, 7) is 0. The third-order valence-corrected chi connectivity index (χ3v) is 11.3. The third-order valence-electron chi connectivity index (χ3n) is 11.3. The minimum absolute atomic E-state index is 0.690. The number of rotatable bonds is 5. The Hall–Kier alpha value is -7.76. The lowest BCUT2D eigenvalue weighted by molar-refractivity contribution is 0.671. The van der Waals surface area contributed by atoms with Gasteiger partial charge in [-0.2, -0.15) is 0 Å². The van der Waals surface area contributed by atoms with Gasteiger partial charge in [-0.15, -0.1) is 0 Å². The summed E-state index contributed by atoms with van der Waals surface area (Å²) in [5.74, 6) is 0.690. The van der Waals surface area contributed by atoms with Crippen LogP contribution in [0.2, 0.25) is 0 Å². The molecule has 12 aromatic rings. The Morgan fingerprint density at radius 2 is 0.877 bits per heavy atom. The van der Waals surface area contributed by atoms with Crippen molar-refractivity contribution in [2.45, 2.75) is 0 Å². The Bertz CT molecular complexity index is 3450. The van der Waals surface area contributed by atoms with Crippen LogP contribution in [0.3, 0.4) is 0 Å². The second-order valence-electron chi connectivity index (χ2n) is 14.5. The maximum Gasteiger partial charge on any atom is 0.162 e. The lowest BCUT2D eigenvalue weighted by Crippen LogP contribution is -1.98. The molecule has 0 saturated heterocycles. The van der Waals surface area contributed by atoms with Gasteiger partial charge in [-0.25, -0.2) is 9.97 Å². The van der Waals surface area contributed by atoms with E-state index in [4.69, 9.17) is 14.4 Å². The molecule has 0 N–H and O–H groups in total. The lowest BCUT2D eigenvalue weighted by atomic mass is 10.0. The van der Waals surface area contributed by atoms with Crippen molar-refractivity contribution < 1.29 is 4.42 Å². The summed E-state index contributed by atoms with van der Waals surface area (Å²) in [6, 6.07) is 68.0. The first-order valence-corrected chi connectivity index (χ1v) is 19.3. The number of nitrogens with zero attached hydrogens (tertiary/aromatic N) is 4. The van der Waals surface area contributed by atoms with E-state index >= 15 is 0 Å². The highest BCUT2D eigenvalue weighted by molar-refractivity contribution is 6.39. The predicted molar refractivity (Wildman–Crippen MR) is 234 cm³/mol. The fourth-order valence-electron chi connectivity index (χ4n) is 8.87. The van der Waals surface area contributed by atoms with Gasteiger partial charge in [0.1, 0.15) is 5.58 Å². The smallest absolute Gasteiger partial charge is 0.162 e. The molecule has 57 heavy (non-hydrogen) atoms. The van der Waals surface area contributed by atoms with E-state index in [1.54, 1.807) is 0 Å². The summed E-state index contributed by atoms with van der Waals surface area (Å²) < 4.78 is 11.9. The van der Waals surface area contributed by atoms with Crippen LogP contribution in [0.4, 0.5) is 0 Å². The number of fused-ring (bicyclic) bond motifs is 12. The van der Waals surface area contributed by atoms with Crippen molar-refractivity contribution in [3.05, 3.63) is 194 Å². The van der Waals surface area contributed by atoms with Crippen LogP contribution in [0, 0.1) is 0 Å². The normalized spacial score (nSPS) is 11.9. The SMILES string of the molecule is c1ccc(-c2cc(-c3cccc(-n4c5ccccc5c5c6c7ccccc7n(-c7ccccc7)c6c6c7ccccc7oc6c54)c3)nc(-c3ccccc3)n2)cc1. The fourth-order valence-corrected chi connectivity index (χ4v) is 8.87. The van der Waals surface area contributed by atoms with Crippen molar-refractivity contribution in [2.24, 2.45) is 0 Å². The van der Waals surface area contributed by atoms with E-state index in [1.165, 1.54) is 21.5 Å². The van der Waals surface area contributed by atoms with E-state index < -0.39 is 0 Å². The van der Waals surface area contributed by atoms with E-state index in [0.29, 0.717) is 5.82 Å². The molecule has 0 saturated carbocycles. The number of aromatic nitrogens is 4. The van der Waals surface area contributed by atoms with Gasteiger partial charge in [0.25, 0.3) is 0 Å². The van der Waals surface area contributed by atoms with Crippen LogP contribution in [-0.2, 0) is 0 Å². The van der Waals surface area contributed by atoms with Crippen LogP contribution < -0.4 is 0 Å². The van der Waals surface area contributed by atoms with Crippen molar-refractivity contribution >= 4 is 65.6 Å². The first kappa shape index (κ1) is 31.6. The van der Waals surface area contributed by atoms with Crippen LogP contribution in [0.1, 0.15) is 0 Å². The number of hydrogen-bond donors (Lipinski definition) is 0. The topological polar surface area (TPSA) is 48.8 Å².